The molecular weight excluding hydrogens is 230 g/mol. The predicted octanol–water partition coefficient (Wildman–Crippen LogP) is 2.12. The molecule has 1 saturated heterocycles. The third kappa shape index (κ3) is 1.46. The van der Waals surface area contributed by atoms with Crippen molar-refractivity contribution in [3.63, 3.8) is 0 Å². The molecule has 4 rings (SSSR count). The minimum atomic E-state index is -0.320. The second-order valence-electron chi connectivity index (χ2n) is 5.39. The molecule has 2 fully saturated rings. The first kappa shape index (κ1) is 10.9. The van der Waals surface area contributed by atoms with Crippen molar-refractivity contribution in [3.8, 4) is 0 Å². The van der Waals surface area contributed by atoms with Gasteiger partial charge in [-0.1, -0.05) is 6.07 Å². The first-order chi connectivity index (χ1) is 8.82. The second kappa shape index (κ2) is 3.76. The van der Waals surface area contributed by atoms with Gasteiger partial charge in [0.05, 0.1) is 31.1 Å². The molecule has 2 spiro atoms. The number of fused-ring (bicyclic) bond motifs is 2. The molecule has 3 heterocycles. The normalized spacial score (nSPS) is 27.8. The molecule has 1 aromatic heterocycles. The maximum Gasteiger partial charge on any atom is 0.168 e. The van der Waals surface area contributed by atoms with Crippen LogP contribution in [0.25, 0.3) is 0 Å². The van der Waals surface area contributed by atoms with Crippen molar-refractivity contribution in [2.24, 2.45) is 0 Å². The van der Waals surface area contributed by atoms with Crippen LogP contribution in [0.4, 0.5) is 0 Å². The largest absolute Gasteiger partial charge is 0.364 e. The van der Waals surface area contributed by atoms with E-state index in [0.29, 0.717) is 6.61 Å². The van der Waals surface area contributed by atoms with Crippen molar-refractivity contribution in [1.82, 2.24) is 4.98 Å². The number of aromatic nitrogens is 1. The van der Waals surface area contributed by atoms with Gasteiger partial charge < -0.3 is 14.2 Å². The lowest BCUT2D eigenvalue weighted by molar-refractivity contribution is -0.211. The highest BCUT2D eigenvalue weighted by molar-refractivity contribution is 5.31. The van der Waals surface area contributed by atoms with E-state index in [0.717, 1.165) is 44.6 Å². The third-order valence-corrected chi connectivity index (χ3v) is 4.50. The highest BCUT2D eigenvalue weighted by atomic mass is 16.7. The van der Waals surface area contributed by atoms with Crippen molar-refractivity contribution in [3.05, 3.63) is 29.6 Å². The lowest BCUT2D eigenvalue weighted by Crippen LogP contribution is -2.42. The molecule has 1 aromatic rings. The van der Waals surface area contributed by atoms with Gasteiger partial charge in [-0.05, 0) is 18.9 Å². The Morgan fingerprint density at radius 2 is 1.78 bits per heavy atom. The molecule has 0 bridgehead atoms. The van der Waals surface area contributed by atoms with Crippen LogP contribution < -0.4 is 0 Å². The van der Waals surface area contributed by atoms with Gasteiger partial charge in [0.15, 0.2) is 5.79 Å². The van der Waals surface area contributed by atoms with Crippen LogP contribution in [0.5, 0.6) is 0 Å². The number of rotatable bonds is 0. The monoisotopic (exact) mass is 247 g/mol. The van der Waals surface area contributed by atoms with E-state index in [1.165, 1.54) is 5.56 Å². The maximum atomic E-state index is 6.08. The van der Waals surface area contributed by atoms with Crippen LogP contribution in [0.1, 0.15) is 36.9 Å². The Labute approximate surface area is 106 Å². The minimum absolute atomic E-state index is 0.135. The van der Waals surface area contributed by atoms with E-state index in [1.807, 2.05) is 12.3 Å². The van der Waals surface area contributed by atoms with Gasteiger partial charge in [0.1, 0.15) is 0 Å². The number of nitrogens with zero attached hydrogens (tertiary/aromatic N) is 1. The van der Waals surface area contributed by atoms with Gasteiger partial charge in [-0.15, -0.1) is 0 Å². The van der Waals surface area contributed by atoms with Gasteiger partial charge in [0.25, 0.3) is 0 Å². The summed E-state index contributed by atoms with van der Waals surface area (Å²) < 4.78 is 17.6. The minimum Gasteiger partial charge on any atom is -0.364 e. The van der Waals surface area contributed by atoms with Crippen LogP contribution in [0.3, 0.4) is 0 Å². The first-order valence-electron chi connectivity index (χ1n) is 6.68. The van der Waals surface area contributed by atoms with E-state index in [9.17, 15) is 0 Å². The summed E-state index contributed by atoms with van der Waals surface area (Å²) in [7, 11) is 0. The van der Waals surface area contributed by atoms with Crippen molar-refractivity contribution in [1.29, 1.82) is 0 Å². The highest BCUT2D eigenvalue weighted by Crippen LogP contribution is 2.50. The number of pyridine rings is 1. The Bertz CT molecular complexity index is 458. The molecule has 96 valence electrons. The highest BCUT2D eigenvalue weighted by Gasteiger charge is 2.50. The Morgan fingerprint density at radius 3 is 2.56 bits per heavy atom. The molecule has 0 unspecified atom stereocenters. The van der Waals surface area contributed by atoms with Crippen LogP contribution in [-0.2, 0) is 26.4 Å². The van der Waals surface area contributed by atoms with Crippen LogP contribution in [0, 0.1) is 0 Å². The quantitative estimate of drug-likeness (QED) is 0.704. The third-order valence-electron chi connectivity index (χ3n) is 4.50. The molecule has 4 heteroatoms. The van der Waals surface area contributed by atoms with E-state index in [1.54, 1.807) is 0 Å². The summed E-state index contributed by atoms with van der Waals surface area (Å²) in [6.45, 7) is 2.10. The standard InChI is InChI=1S/C14H17NO3/c1-2-11-12(15-7-1)10-18-13(11)3-5-14(6-4-13)16-8-9-17-14/h1-2,7H,3-6,8-10H2. The molecule has 18 heavy (non-hydrogen) atoms. The van der Waals surface area contributed by atoms with Crippen LogP contribution >= 0.6 is 0 Å². The van der Waals surface area contributed by atoms with Gasteiger partial charge in [-0.25, -0.2) is 0 Å². The zero-order valence-corrected chi connectivity index (χ0v) is 10.4. The molecule has 0 radical (unpaired) electrons. The van der Waals surface area contributed by atoms with E-state index in [4.69, 9.17) is 14.2 Å². The fourth-order valence-electron chi connectivity index (χ4n) is 3.49. The SMILES string of the molecule is c1cnc2c(c1)C1(CCC3(CC1)OCCO3)OC2. The summed E-state index contributed by atoms with van der Waals surface area (Å²) in [5.74, 6) is -0.320. The Kier molecular flexibility index (Phi) is 2.28. The summed E-state index contributed by atoms with van der Waals surface area (Å²) >= 11 is 0. The van der Waals surface area contributed by atoms with Crippen molar-refractivity contribution in [2.75, 3.05) is 13.2 Å². The van der Waals surface area contributed by atoms with Crippen LogP contribution in [0.15, 0.2) is 18.3 Å². The Hall–Kier alpha value is -0.970. The molecule has 0 atom stereocenters. The van der Waals surface area contributed by atoms with E-state index in [2.05, 4.69) is 11.1 Å². The van der Waals surface area contributed by atoms with Gasteiger partial charge >= 0.3 is 0 Å². The van der Waals surface area contributed by atoms with Gasteiger partial charge in [-0.2, -0.15) is 0 Å². The molecule has 0 aromatic carbocycles. The smallest absolute Gasteiger partial charge is 0.168 e. The summed E-state index contributed by atoms with van der Waals surface area (Å²) in [6, 6.07) is 4.16. The van der Waals surface area contributed by atoms with Crippen LogP contribution in [0.2, 0.25) is 0 Å². The summed E-state index contributed by atoms with van der Waals surface area (Å²) in [6.07, 6.45) is 5.61. The van der Waals surface area contributed by atoms with Crippen molar-refractivity contribution >= 4 is 0 Å². The molecule has 0 amide bonds. The van der Waals surface area contributed by atoms with Gasteiger partial charge in [0, 0.05) is 24.6 Å². The molecule has 1 aliphatic carbocycles. The van der Waals surface area contributed by atoms with Crippen molar-refractivity contribution < 1.29 is 14.2 Å². The van der Waals surface area contributed by atoms with E-state index in [-0.39, 0.29) is 11.4 Å². The van der Waals surface area contributed by atoms with Gasteiger partial charge in [-0.3, -0.25) is 4.98 Å². The summed E-state index contributed by atoms with van der Waals surface area (Å²) in [4.78, 5) is 4.41. The Morgan fingerprint density at radius 1 is 1.00 bits per heavy atom. The molecule has 3 aliphatic rings. The second-order valence-corrected chi connectivity index (χ2v) is 5.39. The molecular formula is C14H17NO3. The summed E-state index contributed by atoms with van der Waals surface area (Å²) in [5.41, 5.74) is 2.24. The number of hydrogen-bond donors (Lipinski definition) is 0. The molecule has 4 nitrogen and oxygen atoms in total. The van der Waals surface area contributed by atoms with Crippen LogP contribution in [-0.4, -0.2) is 24.0 Å². The topological polar surface area (TPSA) is 40.6 Å². The predicted molar refractivity (Wildman–Crippen MR) is 63.8 cm³/mol. The van der Waals surface area contributed by atoms with E-state index < -0.39 is 0 Å². The van der Waals surface area contributed by atoms with E-state index >= 15 is 0 Å². The number of hydrogen-bond acceptors (Lipinski definition) is 4. The average molecular weight is 247 g/mol. The van der Waals surface area contributed by atoms with Crippen molar-refractivity contribution in [2.45, 2.75) is 43.7 Å². The molecule has 1 saturated carbocycles. The fourth-order valence-corrected chi connectivity index (χ4v) is 3.49. The maximum absolute atomic E-state index is 6.08. The number of ether oxygens (including phenoxy) is 3. The lowest BCUT2D eigenvalue weighted by Gasteiger charge is -2.41. The van der Waals surface area contributed by atoms with Gasteiger partial charge in [0.2, 0.25) is 0 Å². The zero-order valence-electron chi connectivity index (χ0n) is 10.4. The first-order valence-corrected chi connectivity index (χ1v) is 6.68. The zero-order chi connectivity index (χ0) is 12.1. The Balaban J connectivity index is 1.61. The lowest BCUT2D eigenvalue weighted by atomic mass is 9.77. The average Bonchev–Trinajstić information content (AvgIpc) is 3.01. The molecule has 2 aliphatic heterocycles. The molecule has 0 N–H and O–H groups in total. The summed E-state index contributed by atoms with van der Waals surface area (Å²) in [5, 5.41) is 0. The fraction of sp³-hybridized carbons (Fsp3) is 0.643.